The monoisotopic (exact) mass is 306 g/mol. The average molecular weight is 306 g/mol. The third-order valence-corrected chi connectivity index (χ3v) is 3.42. The van der Waals surface area contributed by atoms with E-state index in [0.717, 1.165) is 0 Å². The smallest absolute Gasteiger partial charge is 0.184 e. The molecule has 0 atom stereocenters. The van der Waals surface area contributed by atoms with E-state index in [1.807, 2.05) is 0 Å². The van der Waals surface area contributed by atoms with E-state index in [4.69, 9.17) is 14.2 Å². The highest BCUT2D eigenvalue weighted by Gasteiger charge is 2.24. The van der Waals surface area contributed by atoms with E-state index in [1.54, 1.807) is 30.3 Å². The zero-order valence-corrected chi connectivity index (χ0v) is 11.9. The molecule has 1 fully saturated rings. The molecule has 22 heavy (non-hydrogen) atoms. The Bertz CT molecular complexity index is 625. The number of benzene rings is 2. The molecule has 0 spiro atoms. The summed E-state index contributed by atoms with van der Waals surface area (Å²) in [4.78, 5) is 0. The van der Waals surface area contributed by atoms with Gasteiger partial charge in [0.15, 0.2) is 6.29 Å². The van der Waals surface area contributed by atoms with Gasteiger partial charge in [-0.2, -0.15) is 0 Å². The number of ether oxygens (including phenoxy) is 3. The Kier molecular flexibility index (Phi) is 4.77. The second-order valence-electron chi connectivity index (χ2n) is 5.08. The Labute approximate surface area is 127 Å². The molecule has 1 saturated heterocycles. The van der Waals surface area contributed by atoms with Crippen LogP contribution in [0.15, 0.2) is 48.5 Å². The lowest BCUT2D eigenvalue weighted by Gasteiger charge is -2.29. The van der Waals surface area contributed by atoms with Crippen LogP contribution in [0, 0.1) is 11.6 Å². The van der Waals surface area contributed by atoms with Crippen molar-refractivity contribution in [2.24, 2.45) is 0 Å². The van der Waals surface area contributed by atoms with Crippen molar-refractivity contribution in [3.05, 3.63) is 71.3 Å². The minimum Gasteiger partial charge on any atom is -0.369 e. The van der Waals surface area contributed by atoms with Crippen molar-refractivity contribution >= 4 is 0 Å². The van der Waals surface area contributed by atoms with Gasteiger partial charge in [-0.15, -0.1) is 0 Å². The molecule has 2 aromatic rings. The third-order valence-electron chi connectivity index (χ3n) is 3.42. The molecule has 0 radical (unpaired) electrons. The van der Waals surface area contributed by atoms with Crippen LogP contribution in [0.3, 0.4) is 0 Å². The van der Waals surface area contributed by atoms with E-state index in [1.165, 1.54) is 18.2 Å². The maximum Gasteiger partial charge on any atom is 0.184 e. The van der Waals surface area contributed by atoms with Crippen molar-refractivity contribution in [2.45, 2.75) is 19.0 Å². The lowest BCUT2D eigenvalue weighted by atomic mass is 10.2. The maximum absolute atomic E-state index is 13.5. The minimum absolute atomic E-state index is 0.161. The van der Waals surface area contributed by atoms with E-state index in [2.05, 4.69) is 0 Å². The van der Waals surface area contributed by atoms with Crippen molar-refractivity contribution in [3.63, 3.8) is 0 Å². The summed E-state index contributed by atoms with van der Waals surface area (Å²) in [6, 6.07) is 12.6. The Morgan fingerprint density at radius 3 is 2.50 bits per heavy atom. The van der Waals surface area contributed by atoms with Crippen molar-refractivity contribution in [1.29, 1.82) is 0 Å². The summed E-state index contributed by atoms with van der Waals surface area (Å²) in [5.41, 5.74) is 1.13. The molecular formula is C17H16F2O3. The van der Waals surface area contributed by atoms with Crippen LogP contribution in [0.5, 0.6) is 0 Å². The zero-order valence-electron chi connectivity index (χ0n) is 11.9. The largest absolute Gasteiger partial charge is 0.369 e. The molecule has 5 heteroatoms. The summed E-state index contributed by atoms with van der Waals surface area (Å²) in [6.45, 7) is 0.792. The second kappa shape index (κ2) is 6.96. The highest BCUT2D eigenvalue weighted by Crippen LogP contribution is 2.24. The summed E-state index contributed by atoms with van der Waals surface area (Å²) < 4.78 is 43.3. The summed E-state index contributed by atoms with van der Waals surface area (Å²) in [7, 11) is 0. The van der Waals surface area contributed by atoms with Crippen LogP contribution in [-0.2, 0) is 20.8 Å². The average Bonchev–Trinajstić information content (AvgIpc) is 2.55. The molecule has 1 aliphatic rings. The second-order valence-corrected chi connectivity index (χ2v) is 5.08. The Morgan fingerprint density at radius 1 is 1.00 bits per heavy atom. The standard InChI is InChI=1S/C17H16F2O3/c18-14-6-3-5-12(8-14)17-21-10-15(11-22-17)20-9-13-4-1-2-7-16(13)19/h1-8,15,17H,9-11H2. The van der Waals surface area contributed by atoms with Gasteiger partial charge in [0.2, 0.25) is 0 Å². The van der Waals surface area contributed by atoms with Gasteiger partial charge in [0.1, 0.15) is 17.7 Å². The van der Waals surface area contributed by atoms with Crippen molar-refractivity contribution in [3.8, 4) is 0 Å². The lowest BCUT2D eigenvalue weighted by Crippen LogP contribution is -2.33. The fraction of sp³-hybridized carbons (Fsp3) is 0.294. The van der Waals surface area contributed by atoms with Gasteiger partial charge in [0.25, 0.3) is 0 Å². The molecule has 0 N–H and O–H groups in total. The summed E-state index contributed by atoms with van der Waals surface area (Å²) in [6.07, 6.45) is -0.867. The van der Waals surface area contributed by atoms with Crippen LogP contribution in [0.1, 0.15) is 17.4 Å². The lowest BCUT2D eigenvalue weighted by molar-refractivity contribution is -0.232. The Morgan fingerprint density at radius 2 is 1.77 bits per heavy atom. The van der Waals surface area contributed by atoms with Gasteiger partial charge in [-0.25, -0.2) is 8.78 Å². The highest BCUT2D eigenvalue weighted by molar-refractivity contribution is 5.18. The van der Waals surface area contributed by atoms with Crippen molar-refractivity contribution in [1.82, 2.24) is 0 Å². The number of hydrogen-bond donors (Lipinski definition) is 0. The zero-order chi connectivity index (χ0) is 15.4. The maximum atomic E-state index is 13.5. The van der Waals surface area contributed by atoms with Gasteiger partial charge in [-0.05, 0) is 18.2 Å². The van der Waals surface area contributed by atoms with Gasteiger partial charge >= 0.3 is 0 Å². The van der Waals surface area contributed by atoms with E-state index in [0.29, 0.717) is 24.3 Å². The summed E-state index contributed by atoms with van der Waals surface area (Å²) in [5.74, 6) is -0.625. The molecule has 3 nitrogen and oxygen atoms in total. The highest BCUT2D eigenvalue weighted by atomic mass is 19.1. The van der Waals surface area contributed by atoms with Crippen LogP contribution >= 0.6 is 0 Å². The fourth-order valence-electron chi connectivity index (χ4n) is 2.25. The first-order valence-corrected chi connectivity index (χ1v) is 7.06. The van der Waals surface area contributed by atoms with Crippen molar-refractivity contribution in [2.75, 3.05) is 13.2 Å². The molecular weight excluding hydrogens is 290 g/mol. The third kappa shape index (κ3) is 3.68. The SMILES string of the molecule is Fc1cccc(C2OCC(OCc3ccccc3F)CO2)c1. The molecule has 0 aliphatic carbocycles. The molecule has 116 valence electrons. The molecule has 0 unspecified atom stereocenters. The molecule has 0 bridgehead atoms. The summed E-state index contributed by atoms with van der Waals surface area (Å²) >= 11 is 0. The van der Waals surface area contributed by atoms with Gasteiger partial charge in [-0.3, -0.25) is 0 Å². The normalized spacial score (nSPS) is 21.7. The topological polar surface area (TPSA) is 27.7 Å². The van der Waals surface area contributed by atoms with Crippen LogP contribution in [0.25, 0.3) is 0 Å². The minimum atomic E-state index is -0.594. The molecule has 1 heterocycles. The first-order valence-electron chi connectivity index (χ1n) is 7.06. The quantitative estimate of drug-likeness (QED) is 0.864. The fourth-order valence-corrected chi connectivity index (χ4v) is 2.25. The van der Waals surface area contributed by atoms with E-state index in [-0.39, 0.29) is 24.3 Å². The number of halogens is 2. The molecule has 3 rings (SSSR count). The van der Waals surface area contributed by atoms with E-state index in [9.17, 15) is 8.78 Å². The number of rotatable bonds is 4. The van der Waals surface area contributed by atoms with E-state index < -0.39 is 6.29 Å². The first-order chi connectivity index (χ1) is 10.7. The predicted molar refractivity (Wildman–Crippen MR) is 76.0 cm³/mol. The van der Waals surface area contributed by atoms with Gasteiger partial charge < -0.3 is 14.2 Å². The van der Waals surface area contributed by atoms with Gasteiger partial charge in [0, 0.05) is 11.1 Å². The predicted octanol–water partition coefficient (Wildman–Crippen LogP) is 3.60. The molecule has 1 aliphatic heterocycles. The first kappa shape index (κ1) is 15.1. The molecule has 0 saturated carbocycles. The van der Waals surface area contributed by atoms with Crippen LogP contribution in [-0.4, -0.2) is 19.3 Å². The molecule has 2 aromatic carbocycles. The molecule has 0 aromatic heterocycles. The van der Waals surface area contributed by atoms with E-state index >= 15 is 0 Å². The summed E-state index contributed by atoms with van der Waals surface area (Å²) in [5, 5.41) is 0. The Balaban J connectivity index is 1.51. The van der Waals surface area contributed by atoms with Gasteiger partial charge in [-0.1, -0.05) is 30.3 Å². The molecule has 0 amide bonds. The Hall–Kier alpha value is -1.82. The van der Waals surface area contributed by atoms with Crippen LogP contribution in [0.4, 0.5) is 8.78 Å². The van der Waals surface area contributed by atoms with Gasteiger partial charge in [0.05, 0.1) is 19.8 Å². The van der Waals surface area contributed by atoms with Crippen LogP contribution in [0.2, 0.25) is 0 Å². The van der Waals surface area contributed by atoms with Crippen molar-refractivity contribution < 1.29 is 23.0 Å². The number of hydrogen-bond acceptors (Lipinski definition) is 3. The van der Waals surface area contributed by atoms with Crippen LogP contribution < -0.4 is 0 Å².